The van der Waals surface area contributed by atoms with Gasteiger partial charge in [-0.05, 0) is 24.6 Å². The SMILES string of the molecule is CC(=O)[O-].O=C(N/N=C/c1ccccc1[O-])c1ccncc1.[Zn+2]. The van der Waals surface area contributed by atoms with Gasteiger partial charge in [-0.1, -0.05) is 30.0 Å². The van der Waals surface area contributed by atoms with E-state index in [9.17, 15) is 9.90 Å². The van der Waals surface area contributed by atoms with Gasteiger partial charge in [0, 0.05) is 23.9 Å². The van der Waals surface area contributed by atoms with Gasteiger partial charge in [0.2, 0.25) is 0 Å². The van der Waals surface area contributed by atoms with Crippen molar-refractivity contribution in [2.24, 2.45) is 5.10 Å². The minimum atomic E-state index is -1.08. The second-order valence-electron chi connectivity index (χ2n) is 3.96. The molecule has 23 heavy (non-hydrogen) atoms. The van der Waals surface area contributed by atoms with Crippen LogP contribution >= 0.6 is 0 Å². The van der Waals surface area contributed by atoms with Crippen molar-refractivity contribution in [3.8, 4) is 5.75 Å². The molecule has 1 amide bonds. The molecule has 0 aliphatic carbocycles. The van der Waals surface area contributed by atoms with E-state index in [0.29, 0.717) is 11.1 Å². The molecule has 2 aromatic rings. The van der Waals surface area contributed by atoms with E-state index in [1.807, 2.05) is 0 Å². The number of nitrogens with zero attached hydrogens (tertiary/aromatic N) is 2. The van der Waals surface area contributed by atoms with Crippen LogP contribution in [-0.2, 0) is 24.3 Å². The molecule has 0 saturated carbocycles. The number of pyridine rings is 1. The number of hydrogen-bond donors (Lipinski definition) is 1. The Kier molecular flexibility index (Phi) is 9.79. The van der Waals surface area contributed by atoms with Crippen molar-refractivity contribution in [3.05, 3.63) is 59.9 Å². The molecule has 2 rings (SSSR count). The topological polar surface area (TPSA) is 118 Å². The van der Waals surface area contributed by atoms with Crippen LogP contribution in [0.3, 0.4) is 0 Å². The molecule has 1 aromatic heterocycles. The average Bonchev–Trinajstić information content (AvgIpc) is 2.49. The zero-order chi connectivity index (χ0) is 16.4. The Morgan fingerprint density at radius 1 is 1.17 bits per heavy atom. The van der Waals surface area contributed by atoms with Gasteiger partial charge in [-0.15, -0.1) is 0 Å². The number of nitrogens with one attached hydrogen (secondary N) is 1. The average molecular weight is 365 g/mol. The third-order valence-corrected chi connectivity index (χ3v) is 2.23. The number of aromatic nitrogens is 1. The second-order valence-corrected chi connectivity index (χ2v) is 3.96. The number of carboxylic acids is 1. The maximum absolute atomic E-state index is 11.6. The van der Waals surface area contributed by atoms with Crippen LogP contribution < -0.4 is 15.6 Å². The van der Waals surface area contributed by atoms with Crippen LogP contribution in [0.15, 0.2) is 53.9 Å². The summed E-state index contributed by atoms with van der Waals surface area (Å²) in [4.78, 5) is 24.3. The summed E-state index contributed by atoms with van der Waals surface area (Å²) in [6.45, 7) is 0.972. The van der Waals surface area contributed by atoms with Crippen molar-refractivity contribution >= 4 is 18.1 Å². The maximum Gasteiger partial charge on any atom is 2.00 e. The van der Waals surface area contributed by atoms with Gasteiger partial charge in [0.15, 0.2) is 0 Å². The predicted octanol–water partition coefficient (Wildman–Crippen LogP) is -0.327. The number of hydrazone groups is 1. The number of hydrogen-bond acceptors (Lipinski definition) is 6. The van der Waals surface area contributed by atoms with Crippen LogP contribution in [0.25, 0.3) is 0 Å². The van der Waals surface area contributed by atoms with Crippen molar-refractivity contribution in [1.29, 1.82) is 0 Å². The molecule has 8 heteroatoms. The molecule has 0 spiro atoms. The summed E-state index contributed by atoms with van der Waals surface area (Å²) in [5, 5.41) is 24.0. The molecule has 0 atom stereocenters. The Morgan fingerprint density at radius 3 is 2.30 bits per heavy atom. The molecule has 1 N–H and O–H groups in total. The molecule has 0 bridgehead atoms. The Balaban J connectivity index is 0.000000871. The molecule has 0 unspecified atom stereocenters. The third kappa shape index (κ3) is 8.43. The number of benzene rings is 1. The van der Waals surface area contributed by atoms with Crippen molar-refractivity contribution in [2.45, 2.75) is 6.92 Å². The number of para-hydroxylation sites is 1. The largest absolute Gasteiger partial charge is 2.00 e. The van der Waals surface area contributed by atoms with E-state index in [1.54, 1.807) is 30.3 Å². The van der Waals surface area contributed by atoms with Crippen molar-refractivity contribution < 1.29 is 39.3 Å². The molecule has 7 nitrogen and oxygen atoms in total. The quantitative estimate of drug-likeness (QED) is 0.454. The number of carbonyl (C=O) groups is 2. The van der Waals surface area contributed by atoms with Crippen LogP contribution in [0.2, 0.25) is 0 Å². The predicted molar refractivity (Wildman–Crippen MR) is 75.9 cm³/mol. The summed E-state index contributed by atoms with van der Waals surface area (Å²) in [7, 11) is 0. The van der Waals surface area contributed by atoms with Gasteiger partial charge < -0.3 is 15.0 Å². The summed E-state index contributed by atoms with van der Waals surface area (Å²) in [6.07, 6.45) is 4.36. The van der Waals surface area contributed by atoms with Gasteiger partial charge in [-0.2, -0.15) is 5.10 Å². The van der Waals surface area contributed by atoms with Crippen LogP contribution in [0, 0.1) is 0 Å². The summed E-state index contributed by atoms with van der Waals surface area (Å²) < 4.78 is 0. The molecular weight excluding hydrogens is 352 g/mol. The molecule has 0 fully saturated rings. The Bertz CT molecular complexity index is 659. The van der Waals surface area contributed by atoms with Gasteiger partial charge in [0.1, 0.15) is 0 Å². The normalized spacial score (nSPS) is 9.26. The Hall–Kier alpha value is -2.60. The monoisotopic (exact) mass is 363 g/mol. The van der Waals surface area contributed by atoms with Gasteiger partial charge in [0.05, 0.1) is 6.21 Å². The first-order valence-corrected chi connectivity index (χ1v) is 6.17. The Morgan fingerprint density at radius 2 is 1.74 bits per heavy atom. The number of rotatable bonds is 3. The van der Waals surface area contributed by atoms with Gasteiger partial charge >= 0.3 is 19.5 Å². The van der Waals surface area contributed by atoms with Crippen molar-refractivity contribution in [3.63, 3.8) is 0 Å². The standard InChI is InChI=1S/C13H11N3O2.C2H4O2.Zn/c17-12-4-2-1-3-11(12)9-15-16-13(18)10-5-7-14-8-6-10;1-2(3)4;/h1-9,17H,(H,16,18);1H3,(H,3,4);/q;;+2/p-2/b15-9+;;. The third-order valence-electron chi connectivity index (χ3n) is 2.23. The molecule has 1 aromatic carbocycles. The van der Waals surface area contributed by atoms with E-state index in [2.05, 4.69) is 15.5 Å². The first-order valence-electron chi connectivity index (χ1n) is 6.17. The molecule has 0 saturated heterocycles. The zero-order valence-corrected chi connectivity index (χ0v) is 15.4. The van der Waals surface area contributed by atoms with E-state index < -0.39 is 5.97 Å². The zero-order valence-electron chi connectivity index (χ0n) is 12.4. The number of aliphatic carboxylic acids is 1. The van der Waals surface area contributed by atoms with E-state index in [-0.39, 0.29) is 31.1 Å². The van der Waals surface area contributed by atoms with E-state index in [4.69, 9.17) is 9.90 Å². The minimum absolute atomic E-state index is 0. The number of amides is 1. The second kappa shape index (κ2) is 11.0. The molecule has 0 radical (unpaired) electrons. The molecular formula is C15H13N3O4Zn. The number of carboxylic acid groups (broad SMARTS) is 1. The molecule has 1 heterocycles. The van der Waals surface area contributed by atoms with Crippen molar-refractivity contribution in [1.82, 2.24) is 10.4 Å². The summed E-state index contributed by atoms with van der Waals surface area (Å²) in [6, 6.07) is 9.60. The van der Waals surface area contributed by atoms with Crippen LogP contribution in [-0.4, -0.2) is 23.1 Å². The van der Waals surface area contributed by atoms with E-state index in [0.717, 1.165) is 6.92 Å². The first kappa shape index (κ1) is 20.4. The molecule has 114 valence electrons. The smallest absolute Gasteiger partial charge is 0.872 e. The van der Waals surface area contributed by atoms with E-state index in [1.165, 1.54) is 24.7 Å². The fourth-order valence-corrected chi connectivity index (χ4v) is 1.32. The Labute approximate surface area is 145 Å². The summed E-state index contributed by atoms with van der Waals surface area (Å²) >= 11 is 0. The fraction of sp³-hybridized carbons (Fsp3) is 0.0667. The first-order chi connectivity index (χ1) is 10.5. The van der Waals surface area contributed by atoms with Crippen LogP contribution in [0.1, 0.15) is 22.8 Å². The van der Waals surface area contributed by atoms with Crippen LogP contribution in [0.5, 0.6) is 5.75 Å². The minimum Gasteiger partial charge on any atom is -0.872 e. The number of carbonyl (C=O) groups excluding carboxylic acids is 2. The van der Waals surface area contributed by atoms with Crippen LogP contribution in [0.4, 0.5) is 0 Å². The summed E-state index contributed by atoms with van der Waals surface area (Å²) in [5.41, 5.74) is 3.22. The molecule has 0 aliphatic heterocycles. The van der Waals surface area contributed by atoms with E-state index >= 15 is 0 Å². The van der Waals surface area contributed by atoms with Crippen molar-refractivity contribution in [2.75, 3.05) is 0 Å². The molecule has 0 aliphatic rings. The summed E-state index contributed by atoms with van der Waals surface area (Å²) in [5.74, 6) is -1.57. The van der Waals surface area contributed by atoms with Gasteiger partial charge in [-0.3, -0.25) is 9.78 Å². The fourth-order valence-electron chi connectivity index (χ4n) is 1.32. The van der Waals surface area contributed by atoms with Gasteiger partial charge in [0.25, 0.3) is 5.91 Å². The van der Waals surface area contributed by atoms with Gasteiger partial charge in [-0.25, -0.2) is 5.43 Å². The maximum atomic E-state index is 11.6.